The fourth-order valence-electron chi connectivity index (χ4n) is 2.23. The van der Waals surface area contributed by atoms with Crippen molar-refractivity contribution in [3.63, 3.8) is 0 Å². The molecule has 0 amide bonds. The van der Waals surface area contributed by atoms with Crippen LogP contribution in [0, 0.1) is 0 Å². The van der Waals surface area contributed by atoms with Gasteiger partial charge >= 0.3 is 5.97 Å². The third kappa shape index (κ3) is 6.66. The van der Waals surface area contributed by atoms with Gasteiger partial charge in [0.2, 0.25) is 0 Å². The summed E-state index contributed by atoms with van der Waals surface area (Å²) in [6.07, 6.45) is 9.68. The molecule has 0 aliphatic heterocycles. The van der Waals surface area contributed by atoms with Crippen LogP contribution >= 0.6 is 0 Å². The zero-order valence-electron chi connectivity index (χ0n) is 12.4. The quantitative estimate of drug-likeness (QED) is 0.528. The molecule has 0 atom stereocenters. The zero-order valence-corrected chi connectivity index (χ0v) is 12.4. The first-order valence-corrected chi connectivity index (χ1v) is 7.47. The molecule has 0 radical (unpaired) electrons. The van der Waals surface area contributed by atoms with Gasteiger partial charge in [-0.2, -0.15) is 0 Å². The highest BCUT2D eigenvalue weighted by atomic mass is 16.5. The predicted octanol–water partition coefficient (Wildman–Crippen LogP) is 2.64. The highest BCUT2D eigenvalue weighted by Crippen LogP contribution is 2.13. The molecule has 112 valence electrons. The molecular weight excluding hydrogens is 252 g/mol. The smallest absolute Gasteiger partial charge is 0.305 e. The number of rotatable bonds is 10. The van der Waals surface area contributed by atoms with Gasteiger partial charge in [-0.1, -0.05) is 18.9 Å². The Morgan fingerprint density at radius 2 is 2.00 bits per heavy atom. The van der Waals surface area contributed by atoms with E-state index in [1.54, 1.807) is 0 Å². The van der Waals surface area contributed by atoms with Gasteiger partial charge in [-0.25, -0.2) is 0 Å². The second-order valence-corrected chi connectivity index (χ2v) is 4.99. The van der Waals surface area contributed by atoms with Crippen molar-refractivity contribution in [2.75, 3.05) is 13.7 Å². The van der Waals surface area contributed by atoms with E-state index in [2.05, 4.69) is 15.8 Å². The minimum absolute atomic E-state index is 0.110. The Balaban J connectivity index is 2.22. The number of nitrogens with two attached hydrogens (primary N) is 1. The average Bonchev–Trinajstić information content (AvgIpc) is 2.49. The van der Waals surface area contributed by atoms with E-state index >= 15 is 0 Å². The van der Waals surface area contributed by atoms with E-state index in [0.717, 1.165) is 44.9 Å². The molecule has 1 aromatic heterocycles. The fraction of sp³-hybridized carbons (Fsp3) is 0.625. The first-order chi connectivity index (χ1) is 9.77. The number of pyridine rings is 1. The first kappa shape index (κ1) is 16.6. The molecule has 4 nitrogen and oxygen atoms in total. The molecule has 0 unspecified atom stereocenters. The van der Waals surface area contributed by atoms with Gasteiger partial charge in [0.15, 0.2) is 0 Å². The molecule has 2 N–H and O–H groups in total. The highest BCUT2D eigenvalue weighted by molar-refractivity contribution is 5.68. The molecule has 0 saturated heterocycles. The lowest BCUT2D eigenvalue weighted by molar-refractivity contribution is -0.140. The van der Waals surface area contributed by atoms with E-state index in [0.29, 0.717) is 13.0 Å². The van der Waals surface area contributed by atoms with Crippen molar-refractivity contribution in [1.82, 2.24) is 4.98 Å². The number of esters is 1. The van der Waals surface area contributed by atoms with Gasteiger partial charge in [-0.3, -0.25) is 9.78 Å². The minimum atomic E-state index is -0.110. The third-order valence-electron chi connectivity index (χ3n) is 3.41. The van der Waals surface area contributed by atoms with Crippen molar-refractivity contribution in [1.29, 1.82) is 0 Å². The Hall–Kier alpha value is -1.42. The van der Waals surface area contributed by atoms with E-state index in [9.17, 15) is 4.79 Å². The van der Waals surface area contributed by atoms with Gasteiger partial charge in [0.05, 0.1) is 7.11 Å². The van der Waals surface area contributed by atoms with Crippen LogP contribution in [0.2, 0.25) is 0 Å². The molecule has 0 aromatic carbocycles. The second-order valence-electron chi connectivity index (χ2n) is 4.99. The number of methoxy groups -OCH3 is 1. The number of hydrogen-bond acceptors (Lipinski definition) is 4. The molecular formula is C16H26N2O2. The van der Waals surface area contributed by atoms with Crippen LogP contribution in [0.15, 0.2) is 18.3 Å². The highest BCUT2D eigenvalue weighted by Gasteiger charge is 2.03. The van der Waals surface area contributed by atoms with Crippen molar-refractivity contribution in [3.05, 3.63) is 29.6 Å². The van der Waals surface area contributed by atoms with Crippen molar-refractivity contribution in [2.24, 2.45) is 5.73 Å². The number of carbonyl (C=O) groups excluding carboxylic acids is 1. The Morgan fingerprint density at radius 1 is 1.20 bits per heavy atom. The van der Waals surface area contributed by atoms with Crippen LogP contribution in [0.3, 0.4) is 0 Å². The van der Waals surface area contributed by atoms with E-state index in [1.165, 1.54) is 18.4 Å². The lowest BCUT2D eigenvalue weighted by atomic mass is 10.0. The molecule has 1 heterocycles. The van der Waals surface area contributed by atoms with Gasteiger partial charge < -0.3 is 10.5 Å². The standard InChI is InChI=1S/C16H26N2O2/c1-20-16(19)11-5-3-2-4-8-14-9-7-13-18-15(14)10-6-12-17/h7,9,13H,2-6,8,10-12,17H2,1H3. The van der Waals surface area contributed by atoms with Crippen LogP contribution in [0.25, 0.3) is 0 Å². The summed E-state index contributed by atoms with van der Waals surface area (Å²) < 4.78 is 4.62. The molecule has 1 aromatic rings. The van der Waals surface area contributed by atoms with Gasteiger partial charge in [-0.05, 0) is 50.3 Å². The Bertz CT molecular complexity index is 394. The monoisotopic (exact) mass is 278 g/mol. The molecule has 0 aliphatic carbocycles. The van der Waals surface area contributed by atoms with E-state index in [-0.39, 0.29) is 5.97 Å². The molecule has 0 bridgehead atoms. The van der Waals surface area contributed by atoms with Crippen molar-refractivity contribution in [3.8, 4) is 0 Å². The molecule has 0 fully saturated rings. The Morgan fingerprint density at radius 3 is 2.75 bits per heavy atom. The Kier molecular flexibility index (Phi) is 8.63. The van der Waals surface area contributed by atoms with Gasteiger partial charge in [0, 0.05) is 18.3 Å². The normalized spacial score (nSPS) is 10.5. The number of hydrogen-bond donors (Lipinski definition) is 1. The molecule has 0 aliphatic rings. The topological polar surface area (TPSA) is 65.2 Å². The summed E-state index contributed by atoms with van der Waals surface area (Å²) in [5.74, 6) is -0.110. The third-order valence-corrected chi connectivity index (χ3v) is 3.41. The van der Waals surface area contributed by atoms with Gasteiger partial charge in [-0.15, -0.1) is 0 Å². The zero-order chi connectivity index (χ0) is 14.6. The molecule has 0 saturated carbocycles. The second kappa shape index (κ2) is 10.4. The van der Waals surface area contributed by atoms with E-state index in [4.69, 9.17) is 5.73 Å². The molecule has 1 rings (SSSR count). The number of aryl methyl sites for hydroxylation is 2. The molecule has 4 heteroatoms. The summed E-state index contributed by atoms with van der Waals surface area (Å²) in [4.78, 5) is 15.4. The summed E-state index contributed by atoms with van der Waals surface area (Å²) in [5, 5.41) is 0. The van der Waals surface area contributed by atoms with Crippen molar-refractivity contribution in [2.45, 2.75) is 51.4 Å². The Labute approximate surface area is 121 Å². The molecule has 0 spiro atoms. The summed E-state index contributed by atoms with van der Waals surface area (Å²) in [6.45, 7) is 0.712. The fourth-order valence-corrected chi connectivity index (χ4v) is 2.23. The van der Waals surface area contributed by atoms with Crippen LogP contribution in [0.5, 0.6) is 0 Å². The van der Waals surface area contributed by atoms with Crippen molar-refractivity contribution < 1.29 is 9.53 Å². The summed E-state index contributed by atoms with van der Waals surface area (Å²) in [6, 6.07) is 4.16. The largest absolute Gasteiger partial charge is 0.469 e. The van der Waals surface area contributed by atoms with Crippen LogP contribution in [-0.2, 0) is 22.4 Å². The summed E-state index contributed by atoms with van der Waals surface area (Å²) in [5.41, 5.74) is 8.08. The van der Waals surface area contributed by atoms with Crippen LogP contribution in [0.4, 0.5) is 0 Å². The average molecular weight is 278 g/mol. The van der Waals surface area contributed by atoms with E-state index in [1.807, 2.05) is 12.3 Å². The maximum atomic E-state index is 11.0. The minimum Gasteiger partial charge on any atom is -0.469 e. The number of unbranched alkanes of at least 4 members (excludes halogenated alkanes) is 3. The van der Waals surface area contributed by atoms with Crippen LogP contribution in [0.1, 0.15) is 49.8 Å². The van der Waals surface area contributed by atoms with Crippen LogP contribution < -0.4 is 5.73 Å². The maximum Gasteiger partial charge on any atom is 0.305 e. The number of ether oxygens (including phenoxy) is 1. The summed E-state index contributed by atoms with van der Waals surface area (Å²) >= 11 is 0. The number of carbonyl (C=O) groups is 1. The lowest BCUT2D eigenvalue weighted by Crippen LogP contribution is -2.04. The first-order valence-electron chi connectivity index (χ1n) is 7.47. The van der Waals surface area contributed by atoms with E-state index < -0.39 is 0 Å². The van der Waals surface area contributed by atoms with Gasteiger partial charge in [0.1, 0.15) is 0 Å². The predicted molar refractivity (Wildman–Crippen MR) is 80.4 cm³/mol. The van der Waals surface area contributed by atoms with Crippen LogP contribution in [-0.4, -0.2) is 24.6 Å². The van der Waals surface area contributed by atoms with Gasteiger partial charge in [0.25, 0.3) is 0 Å². The van der Waals surface area contributed by atoms with Crippen molar-refractivity contribution >= 4 is 5.97 Å². The molecule has 20 heavy (non-hydrogen) atoms. The number of nitrogens with zero attached hydrogens (tertiary/aromatic N) is 1. The summed E-state index contributed by atoms with van der Waals surface area (Å²) in [7, 11) is 1.44. The SMILES string of the molecule is COC(=O)CCCCCCc1cccnc1CCCN. The maximum absolute atomic E-state index is 11.0. The lowest BCUT2D eigenvalue weighted by Gasteiger charge is -2.07. The number of aromatic nitrogens is 1.